The Kier molecular flexibility index (Phi) is 3.92. The standard InChI is InChI=1S/C17H32N2/c1-11(2)17(19(3)4)10-18-16-9-12-8-15(16)14-7-5-6-13(12)14/h11-18H,5-10H2,1-4H3. The van der Waals surface area contributed by atoms with E-state index in [1.165, 1.54) is 25.8 Å². The second-order valence-corrected chi connectivity index (χ2v) is 7.94. The molecule has 0 aromatic heterocycles. The average molecular weight is 264 g/mol. The monoisotopic (exact) mass is 264 g/mol. The molecule has 2 heteroatoms. The molecule has 3 aliphatic rings. The van der Waals surface area contributed by atoms with Gasteiger partial charge in [0.1, 0.15) is 0 Å². The second kappa shape index (κ2) is 5.37. The maximum absolute atomic E-state index is 3.95. The molecule has 0 radical (unpaired) electrons. The molecule has 0 aromatic rings. The first-order valence-electron chi connectivity index (χ1n) is 8.47. The summed E-state index contributed by atoms with van der Waals surface area (Å²) in [5, 5.41) is 3.95. The molecule has 0 saturated heterocycles. The van der Waals surface area contributed by atoms with Gasteiger partial charge < -0.3 is 10.2 Å². The van der Waals surface area contributed by atoms with Crippen LogP contribution in [0, 0.1) is 29.6 Å². The quantitative estimate of drug-likeness (QED) is 0.821. The molecule has 0 aromatic carbocycles. The summed E-state index contributed by atoms with van der Waals surface area (Å²) in [6, 6.07) is 1.52. The summed E-state index contributed by atoms with van der Waals surface area (Å²) in [7, 11) is 4.44. The third-order valence-electron chi connectivity index (χ3n) is 6.45. The molecule has 110 valence electrons. The Bertz CT molecular complexity index is 304. The number of nitrogens with one attached hydrogen (secondary N) is 1. The Morgan fingerprint density at radius 2 is 1.79 bits per heavy atom. The van der Waals surface area contributed by atoms with Gasteiger partial charge in [0.15, 0.2) is 0 Å². The van der Waals surface area contributed by atoms with Crippen molar-refractivity contribution in [3.63, 3.8) is 0 Å². The van der Waals surface area contributed by atoms with Gasteiger partial charge in [-0.3, -0.25) is 0 Å². The van der Waals surface area contributed by atoms with E-state index in [9.17, 15) is 0 Å². The molecular formula is C17H32N2. The number of rotatable bonds is 5. The van der Waals surface area contributed by atoms with Crippen LogP contribution in [0.1, 0.15) is 46.0 Å². The first-order chi connectivity index (χ1) is 9.08. The van der Waals surface area contributed by atoms with Crippen LogP contribution >= 0.6 is 0 Å². The molecule has 3 aliphatic carbocycles. The molecule has 3 rings (SSSR count). The van der Waals surface area contributed by atoms with Crippen molar-refractivity contribution in [1.29, 1.82) is 0 Å². The number of hydrogen-bond donors (Lipinski definition) is 1. The van der Waals surface area contributed by atoms with Gasteiger partial charge >= 0.3 is 0 Å². The summed E-state index contributed by atoms with van der Waals surface area (Å²) in [4.78, 5) is 2.39. The highest BCUT2D eigenvalue weighted by molar-refractivity contribution is 5.05. The molecule has 19 heavy (non-hydrogen) atoms. The van der Waals surface area contributed by atoms with Gasteiger partial charge in [0.05, 0.1) is 0 Å². The highest BCUT2D eigenvalue weighted by atomic mass is 15.1. The van der Waals surface area contributed by atoms with Crippen molar-refractivity contribution < 1.29 is 0 Å². The molecule has 6 atom stereocenters. The summed E-state index contributed by atoms with van der Waals surface area (Å²) >= 11 is 0. The molecule has 3 fully saturated rings. The molecule has 3 saturated carbocycles. The van der Waals surface area contributed by atoms with Crippen molar-refractivity contribution in [2.45, 2.75) is 58.0 Å². The van der Waals surface area contributed by atoms with E-state index in [-0.39, 0.29) is 0 Å². The van der Waals surface area contributed by atoms with E-state index in [0.717, 1.165) is 35.6 Å². The van der Waals surface area contributed by atoms with Gasteiger partial charge in [-0.1, -0.05) is 20.3 Å². The summed E-state index contributed by atoms with van der Waals surface area (Å²) in [6.45, 7) is 5.87. The van der Waals surface area contributed by atoms with Crippen LogP contribution in [-0.2, 0) is 0 Å². The molecule has 6 unspecified atom stereocenters. The summed E-state index contributed by atoms with van der Waals surface area (Å²) < 4.78 is 0. The van der Waals surface area contributed by atoms with Crippen molar-refractivity contribution in [3.8, 4) is 0 Å². The van der Waals surface area contributed by atoms with E-state index in [4.69, 9.17) is 0 Å². The first-order valence-corrected chi connectivity index (χ1v) is 8.47. The van der Waals surface area contributed by atoms with E-state index in [1.807, 2.05) is 0 Å². The molecule has 2 nitrogen and oxygen atoms in total. The lowest BCUT2D eigenvalue weighted by atomic mass is 9.79. The predicted octanol–water partition coefficient (Wildman–Crippen LogP) is 2.99. The van der Waals surface area contributed by atoms with Crippen LogP contribution in [0.4, 0.5) is 0 Å². The molecular weight excluding hydrogens is 232 g/mol. The third kappa shape index (κ3) is 2.47. The molecule has 0 aliphatic heterocycles. The minimum absolute atomic E-state index is 0.679. The van der Waals surface area contributed by atoms with Crippen LogP contribution in [0.5, 0.6) is 0 Å². The molecule has 1 N–H and O–H groups in total. The second-order valence-electron chi connectivity index (χ2n) is 7.94. The Labute approximate surface area is 119 Å². The van der Waals surface area contributed by atoms with E-state index < -0.39 is 0 Å². The number of likely N-dealkylation sites (N-methyl/N-ethyl adjacent to an activating group) is 1. The van der Waals surface area contributed by atoms with Gasteiger partial charge in [-0.05, 0) is 69.4 Å². The van der Waals surface area contributed by atoms with E-state index in [0.29, 0.717) is 6.04 Å². The number of fused-ring (bicyclic) bond motifs is 5. The van der Waals surface area contributed by atoms with Gasteiger partial charge in [0.2, 0.25) is 0 Å². The van der Waals surface area contributed by atoms with Gasteiger partial charge in [0, 0.05) is 18.6 Å². The van der Waals surface area contributed by atoms with Crippen LogP contribution < -0.4 is 5.32 Å². The lowest BCUT2D eigenvalue weighted by Gasteiger charge is -2.35. The Morgan fingerprint density at radius 1 is 1.05 bits per heavy atom. The molecule has 2 bridgehead atoms. The van der Waals surface area contributed by atoms with Crippen LogP contribution in [0.15, 0.2) is 0 Å². The Morgan fingerprint density at radius 3 is 2.47 bits per heavy atom. The topological polar surface area (TPSA) is 15.3 Å². The highest BCUT2D eigenvalue weighted by Crippen LogP contribution is 2.58. The van der Waals surface area contributed by atoms with Gasteiger partial charge in [0.25, 0.3) is 0 Å². The first kappa shape index (κ1) is 13.9. The lowest BCUT2D eigenvalue weighted by Crippen LogP contribution is -2.47. The van der Waals surface area contributed by atoms with Gasteiger partial charge in [-0.2, -0.15) is 0 Å². The normalized spacial score (nSPS) is 42.3. The number of nitrogens with zero attached hydrogens (tertiary/aromatic N) is 1. The lowest BCUT2D eigenvalue weighted by molar-refractivity contribution is 0.177. The molecule has 0 heterocycles. The Hall–Kier alpha value is -0.0800. The summed E-state index contributed by atoms with van der Waals surface area (Å²) in [5.41, 5.74) is 0. The van der Waals surface area contributed by atoms with Crippen molar-refractivity contribution >= 4 is 0 Å². The zero-order chi connectivity index (χ0) is 13.6. The Balaban J connectivity index is 1.54. The minimum Gasteiger partial charge on any atom is -0.312 e. The van der Waals surface area contributed by atoms with Crippen molar-refractivity contribution in [1.82, 2.24) is 10.2 Å². The smallest absolute Gasteiger partial charge is 0.0237 e. The van der Waals surface area contributed by atoms with Crippen LogP contribution in [0.25, 0.3) is 0 Å². The van der Waals surface area contributed by atoms with E-state index in [2.05, 4.69) is 38.2 Å². The van der Waals surface area contributed by atoms with E-state index >= 15 is 0 Å². The SMILES string of the molecule is CC(C)C(CNC1CC2CC1C1CCCC21)N(C)C. The summed E-state index contributed by atoms with van der Waals surface area (Å²) in [5.74, 6) is 5.05. The zero-order valence-corrected chi connectivity index (χ0v) is 13.2. The number of hydrogen-bond acceptors (Lipinski definition) is 2. The maximum Gasteiger partial charge on any atom is 0.0237 e. The van der Waals surface area contributed by atoms with Gasteiger partial charge in [-0.25, -0.2) is 0 Å². The zero-order valence-electron chi connectivity index (χ0n) is 13.2. The van der Waals surface area contributed by atoms with Crippen molar-refractivity contribution in [2.24, 2.45) is 29.6 Å². The fourth-order valence-electron chi connectivity index (χ4n) is 5.59. The maximum atomic E-state index is 3.95. The highest BCUT2D eigenvalue weighted by Gasteiger charge is 2.53. The fraction of sp³-hybridized carbons (Fsp3) is 1.00. The predicted molar refractivity (Wildman–Crippen MR) is 81.1 cm³/mol. The molecule has 0 amide bonds. The van der Waals surface area contributed by atoms with Crippen molar-refractivity contribution in [3.05, 3.63) is 0 Å². The van der Waals surface area contributed by atoms with Crippen LogP contribution in [0.3, 0.4) is 0 Å². The summed E-state index contributed by atoms with van der Waals surface area (Å²) in [6.07, 6.45) is 7.61. The van der Waals surface area contributed by atoms with E-state index in [1.54, 1.807) is 12.8 Å². The van der Waals surface area contributed by atoms with Crippen molar-refractivity contribution in [2.75, 3.05) is 20.6 Å². The fourth-order valence-corrected chi connectivity index (χ4v) is 5.59. The molecule has 0 spiro atoms. The average Bonchev–Trinajstić information content (AvgIpc) is 2.99. The van der Waals surface area contributed by atoms with Crippen LogP contribution in [0.2, 0.25) is 0 Å². The third-order valence-corrected chi connectivity index (χ3v) is 6.45. The largest absolute Gasteiger partial charge is 0.312 e. The van der Waals surface area contributed by atoms with Gasteiger partial charge in [-0.15, -0.1) is 0 Å². The van der Waals surface area contributed by atoms with Crippen LogP contribution in [-0.4, -0.2) is 37.6 Å². The minimum atomic E-state index is 0.679.